The van der Waals surface area contributed by atoms with Crippen LogP contribution in [0.15, 0.2) is 0 Å². The lowest BCUT2D eigenvalue weighted by molar-refractivity contribution is -0.142. The number of carbonyl (C=O) groups is 2. The number of aryl methyl sites for hydroxylation is 2. The molecule has 1 aromatic heterocycles. The fourth-order valence-corrected chi connectivity index (χ4v) is 3.81. The van der Waals surface area contributed by atoms with Gasteiger partial charge in [-0.2, -0.15) is 5.10 Å². The number of aliphatic carboxylic acids is 1. The van der Waals surface area contributed by atoms with E-state index in [0.29, 0.717) is 23.5 Å². The molecule has 2 bridgehead atoms. The Morgan fingerprint density at radius 3 is 2.65 bits per heavy atom. The van der Waals surface area contributed by atoms with Crippen molar-refractivity contribution in [2.45, 2.75) is 38.3 Å². The predicted octanol–water partition coefficient (Wildman–Crippen LogP) is 0.269. The molecule has 2 aliphatic rings. The molecule has 0 saturated carbocycles. The van der Waals surface area contributed by atoms with Gasteiger partial charge in [-0.05, 0) is 26.2 Å². The highest BCUT2D eigenvalue weighted by atomic mass is 16.4. The lowest BCUT2D eigenvalue weighted by Gasteiger charge is -2.26. The summed E-state index contributed by atoms with van der Waals surface area (Å²) in [5, 5.41) is 13.6. The molecule has 3 atom stereocenters. The van der Waals surface area contributed by atoms with Crippen LogP contribution in [0.5, 0.6) is 0 Å². The molecule has 2 aliphatic heterocycles. The molecule has 3 heterocycles. The second-order valence-electron chi connectivity index (χ2n) is 5.66. The summed E-state index contributed by atoms with van der Waals surface area (Å²) in [4.78, 5) is 25.1. The molecule has 7 heteroatoms. The molecule has 3 N–H and O–H groups in total. The molecule has 2 fully saturated rings. The molecule has 7 nitrogen and oxygen atoms in total. The Hall–Kier alpha value is -2.05. The quantitative estimate of drug-likeness (QED) is 0.826. The summed E-state index contributed by atoms with van der Waals surface area (Å²) in [6, 6.07) is 0.0967. The Bertz CT molecular complexity index is 595. The summed E-state index contributed by atoms with van der Waals surface area (Å²) in [5.41, 5.74) is 6.47. The summed E-state index contributed by atoms with van der Waals surface area (Å²) in [6.45, 7) is 1.75. The van der Waals surface area contributed by atoms with E-state index in [2.05, 4.69) is 10.00 Å². The van der Waals surface area contributed by atoms with Crippen LogP contribution in [0.3, 0.4) is 0 Å². The molecule has 0 spiro atoms. The van der Waals surface area contributed by atoms with E-state index in [0.717, 1.165) is 12.8 Å². The average molecular weight is 278 g/mol. The smallest absolute Gasteiger partial charge is 0.308 e. The van der Waals surface area contributed by atoms with E-state index in [1.54, 1.807) is 18.7 Å². The van der Waals surface area contributed by atoms with Crippen LogP contribution in [0.25, 0.3) is 0 Å². The van der Waals surface area contributed by atoms with Crippen molar-refractivity contribution in [3.63, 3.8) is 0 Å². The number of nitrogens with two attached hydrogens (primary N) is 1. The van der Waals surface area contributed by atoms with Crippen molar-refractivity contribution in [1.82, 2.24) is 9.78 Å². The average Bonchev–Trinajstić information content (AvgIpc) is 2.98. The van der Waals surface area contributed by atoms with Crippen molar-refractivity contribution >= 4 is 17.7 Å². The number of primary amides is 1. The number of carbonyl (C=O) groups excluding carboxylic acids is 1. The van der Waals surface area contributed by atoms with Crippen molar-refractivity contribution in [3.05, 3.63) is 11.3 Å². The second kappa shape index (κ2) is 4.22. The number of anilines is 1. The Morgan fingerprint density at radius 2 is 2.10 bits per heavy atom. The SMILES string of the molecule is Cc1nn(C)c(N2C3CCC2C(C(=O)O)C3)c1C(N)=O. The van der Waals surface area contributed by atoms with Crippen LogP contribution in [0.4, 0.5) is 5.82 Å². The topological polar surface area (TPSA) is 101 Å². The molecule has 1 aromatic rings. The van der Waals surface area contributed by atoms with Gasteiger partial charge in [0.25, 0.3) is 5.91 Å². The third kappa shape index (κ3) is 1.62. The van der Waals surface area contributed by atoms with Crippen molar-refractivity contribution < 1.29 is 14.7 Å². The fourth-order valence-electron chi connectivity index (χ4n) is 3.81. The summed E-state index contributed by atoms with van der Waals surface area (Å²) >= 11 is 0. The van der Waals surface area contributed by atoms with E-state index in [1.807, 2.05) is 0 Å². The van der Waals surface area contributed by atoms with Crippen LogP contribution in [0.2, 0.25) is 0 Å². The summed E-state index contributed by atoms with van der Waals surface area (Å²) in [7, 11) is 1.77. The summed E-state index contributed by atoms with van der Waals surface area (Å²) in [6.07, 6.45) is 2.42. The molecule has 20 heavy (non-hydrogen) atoms. The highest BCUT2D eigenvalue weighted by Crippen LogP contribution is 2.45. The molecule has 3 unspecified atom stereocenters. The number of fused-ring (bicyclic) bond motifs is 2. The maximum atomic E-state index is 11.7. The highest BCUT2D eigenvalue weighted by molar-refractivity contribution is 5.99. The maximum absolute atomic E-state index is 11.7. The molecule has 0 radical (unpaired) electrons. The number of nitrogens with zero attached hydrogens (tertiary/aromatic N) is 3. The lowest BCUT2D eigenvalue weighted by atomic mass is 9.89. The molecule has 3 rings (SSSR count). The third-order valence-corrected chi connectivity index (χ3v) is 4.54. The molecule has 0 aromatic carbocycles. The molecule has 1 amide bonds. The van der Waals surface area contributed by atoms with Gasteiger partial charge in [0.2, 0.25) is 0 Å². The Labute approximate surface area is 116 Å². The third-order valence-electron chi connectivity index (χ3n) is 4.54. The van der Waals surface area contributed by atoms with Crippen LogP contribution in [0.1, 0.15) is 35.3 Å². The highest BCUT2D eigenvalue weighted by Gasteiger charge is 2.51. The van der Waals surface area contributed by atoms with Crippen molar-refractivity contribution in [2.24, 2.45) is 18.7 Å². The predicted molar refractivity (Wildman–Crippen MR) is 71.5 cm³/mol. The van der Waals surface area contributed by atoms with Gasteiger partial charge in [-0.15, -0.1) is 0 Å². The van der Waals surface area contributed by atoms with Gasteiger partial charge in [0.1, 0.15) is 11.4 Å². The first-order chi connectivity index (χ1) is 9.41. The van der Waals surface area contributed by atoms with Gasteiger partial charge in [0, 0.05) is 19.1 Å². The van der Waals surface area contributed by atoms with Crippen LogP contribution >= 0.6 is 0 Å². The van der Waals surface area contributed by atoms with Crippen LogP contribution in [0, 0.1) is 12.8 Å². The Morgan fingerprint density at radius 1 is 1.40 bits per heavy atom. The standard InChI is InChI=1S/C13H18N4O3/c1-6-10(11(14)18)12(16(2)15-6)17-7-3-4-9(17)8(5-7)13(19)20/h7-9H,3-5H2,1-2H3,(H2,14,18)(H,19,20). The van der Waals surface area contributed by atoms with Gasteiger partial charge in [0.15, 0.2) is 0 Å². The van der Waals surface area contributed by atoms with Gasteiger partial charge in [-0.25, -0.2) is 0 Å². The minimum atomic E-state index is -0.762. The van der Waals surface area contributed by atoms with E-state index >= 15 is 0 Å². The largest absolute Gasteiger partial charge is 0.481 e. The second-order valence-corrected chi connectivity index (χ2v) is 5.66. The summed E-state index contributed by atoms with van der Waals surface area (Å²) < 4.78 is 1.64. The van der Waals surface area contributed by atoms with Gasteiger partial charge < -0.3 is 15.7 Å². The Kier molecular flexibility index (Phi) is 2.74. The fraction of sp³-hybridized carbons (Fsp3) is 0.615. The monoisotopic (exact) mass is 278 g/mol. The van der Waals surface area contributed by atoms with E-state index in [1.165, 1.54) is 0 Å². The normalized spacial score (nSPS) is 28.1. The first kappa shape index (κ1) is 13.0. The van der Waals surface area contributed by atoms with Gasteiger partial charge >= 0.3 is 5.97 Å². The molecule has 0 aliphatic carbocycles. The number of hydrogen-bond acceptors (Lipinski definition) is 4. The first-order valence-corrected chi connectivity index (χ1v) is 6.76. The van der Waals surface area contributed by atoms with Crippen LogP contribution in [-0.2, 0) is 11.8 Å². The lowest BCUT2D eigenvalue weighted by Crippen LogP contribution is -2.35. The molecular formula is C13H18N4O3. The zero-order chi connectivity index (χ0) is 14.6. The maximum Gasteiger partial charge on any atom is 0.308 e. The Balaban J connectivity index is 2.07. The summed E-state index contributed by atoms with van der Waals surface area (Å²) in [5.74, 6) is -0.971. The molecule has 108 valence electrons. The van der Waals surface area contributed by atoms with E-state index in [4.69, 9.17) is 5.73 Å². The van der Waals surface area contributed by atoms with E-state index in [9.17, 15) is 14.7 Å². The van der Waals surface area contributed by atoms with Gasteiger partial charge in [-0.3, -0.25) is 14.3 Å². The minimum Gasteiger partial charge on any atom is -0.481 e. The number of rotatable bonds is 3. The van der Waals surface area contributed by atoms with E-state index < -0.39 is 11.9 Å². The molecule has 2 saturated heterocycles. The van der Waals surface area contributed by atoms with Crippen molar-refractivity contribution in [1.29, 1.82) is 0 Å². The first-order valence-electron chi connectivity index (χ1n) is 6.76. The molecular weight excluding hydrogens is 260 g/mol. The number of amides is 1. The van der Waals surface area contributed by atoms with Crippen molar-refractivity contribution in [2.75, 3.05) is 4.90 Å². The van der Waals surface area contributed by atoms with Crippen molar-refractivity contribution in [3.8, 4) is 0 Å². The number of carboxylic acids is 1. The number of hydrogen-bond donors (Lipinski definition) is 2. The van der Waals surface area contributed by atoms with Crippen LogP contribution < -0.4 is 10.6 Å². The minimum absolute atomic E-state index is 0.0644. The zero-order valence-electron chi connectivity index (χ0n) is 11.5. The number of carboxylic acid groups (broad SMARTS) is 1. The van der Waals surface area contributed by atoms with E-state index in [-0.39, 0.29) is 18.0 Å². The van der Waals surface area contributed by atoms with Crippen LogP contribution in [-0.4, -0.2) is 38.8 Å². The number of aromatic nitrogens is 2. The van der Waals surface area contributed by atoms with Gasteiger partial charge in [-0.1, -0.05) is 0 Å². The zero-order valence-corrected chi connectivity index (χ0v) is 11.5. The van der Waals surface area contributed by atoms with Gasteiger partial charge in [0.05, 0.1) is 11.6 Å².